The molecule has 0 aliphatic heterocycles. The van der Waals surface area contributed by atoms with Crippen LogP contribution in [0.2, 0.25) is 0 Å². The lowest BCUT2D eigenvalue weighted by molar-refractivity contribution is -0.137. The second kappa shape index (κ2) is 5.25. The molecule has 0 N–H and O–H groups in total. The molecule has 1 aromatic heterocycles. The molecule has 0 bridgehead atoms. The van der Waals surface area contributed by atoms with E-state index < -0.39 is 17.6 Å². The zero-order valence-electron chi connectivity index (χ0n) is 10.9. The largest absolute Gasteiger partial charge is 0.416 e. The second-order valence-corrected chi connectivity index (χ2v) is 4.51. The van der Waals surface area contributed by atoms with E-state index in [0.29, 0.717) is 11.1 Å². The summed E-state index contributed by atoms with van der Waals surface area (Å²) in [5, 5.41) is 3.69. The highest BCUT2D eigenvalue weighted by Gasteiger charge is 2.30. The average Bonchev–Trinajstić information content (AvgIpc) is 2.96. The Hall–Kier alpha value is -2.70. The van der Waals surface area contributed by atoms with Gasteiger partial charge in [0, 0.05) is 11.1 Å². The van der Waals surface area contributed by atoms with Gasteiger partial charge in [-0.2, -0.15) is 18.2 Å². The lowest BCUT2D eigenvalue weighted by Gasteiger charge is -2.05. The maximum Gasteiger partial charge on any atom is 0.416 e. The molecule has 0 aliphatic rings. The molecule has 0 amide bonds. The zero-order valence-corrected chi connectivity index (χ0v) is 10.9. The van der Waals surface area contributed by atoms with E-state index in [1.165, 1.54) is 30.3 Å². The van der Waals surface area contributed by atoms with Gasteiger partial charge in [0.1, 0.15) is 5.82 Å². The van der Waals surface area contributed by atoms with E-state index in [1.54, 1.807) is 6.07 Å². The second-order valence-electron chi connectivity index (χ2n) is 4.51. The number of aromatic nitrogens is 2. The molecule has 0 spiro atoms. The van der Waals surface area contributed by atoms with Crippen LogP contribution in [0.15, 0.2) is 53.1 Å². The van der Waals surface area contributed by atoms with Crippen molar-refractivity contribution in [2.24, 2.45) is 0 Å². The van der Waals surface area contributed by atoms with Crippen molar-refractivity contribution < 1.29 is 22.1 Å². The Bertz CT molecular complexity index is 794. The Morgan fingerprint density at radius 3 is 2.27 bits per heavy atom. The van der Waals surface area contributed by atoms with Crippen LogP contribution in [0.3, 0.4) is 0 Å². The third kappa shape index (κ3) is 2.83. The minimum atomic E-state index is -4.40. The van der Waals surface area contributed by atoms with Crippen LogP contribution in [-0.4, -0.2) is 10.1 Å². The molecule has 22 heavy (non-hydrogen) atoms. The van der Waals surface area contributed by atoms with Crippen LogP contribution in [0, 0.1) is 5.82 Å². The fourth-order valence-electron chi connectivity index (χ4n) is 1.89. The highest BCUT2D eigenvalue weighted by molar-refractivity contribution is 5.60. The number of hydrogen-bond donors (Lipinski definition) is 0. The van der Waals surface area contributed by atoms with Crippen molar-refractivity contribution in [2.75, 3.05) is 0 Å². The number of benzene rings is 2. The number of halogens is 4. The van der Waals surface area contributed by atoms with Crippen molar-refractivity contribution in [3.8, 4) is 22.8 Å². The summed E-state index contributed by atoms with van der Waals surface area (Å²) in [5.74, 6) is -0.228. The summed E-state index contributed by atoms with van der Waals surface area (Å²) in [4.78, 5) is 4.06. The first-order chi connectivity index (χ1) is 10.4. The van der Waals surface area contributed by atoms with Crippen molar-refractivity contribution in [3.63, 3.8) is 0 Å². The van der Waals surface area contributed by atoms with Gasteiger partial charge in [0.05, 0.1) is 5.56 Å². The van der Waals surface area contributed by atoms with Gasteiger partial charge < -0.3 is 4.52 Å². The summed E-state index contributed by atoms with van der Waals surface area (Å²) < 4.78 is 55.7. The van der Waals surface area contributed by atoms with Crippen LogP contribution in [0.25, 0.3) is 22.8 Å². The molecule has 0 fully saturated rings. The lowest BCUT2D eigenvalue weighted by atomic mass is 10.1. The predicted octanol–water partition coefficient (Wildman–Crippen LogP) is 4.56. The molecular formula is C15H8F4N2O. The third-order valence-electron chi connectivity index (χ3n) is 2.97. The number of rotatable bonds is 2. The Morgan fingerprint density at radius 1 is 0.909 bits per heavy atom. The summed E-state index contributed by atoms with van der Waals surface area (Å²) >= 11 is 0. The molecule has 0 aliphatic carbocycles. The summed E-state index contributed by atoms with van der Waals surface area (Å²) in [6.45, 7) is 0. The molecule has 2 aromatic carbocycles. The van der Waals surface area contributed by atoms with Gasteiger partial charge in [-0.3, -0.25) is 0 Å². The van der Waals surface area contributed by atoms with E-state index in [9.17, 15) is 17.6 Å². The van der Waals surface area contributed by atoms with E-state index in [4.69, 9.17) is 4.52 Å². The normalized spacial score (nSPS) is 11.6. The highest BCUT2D eigenvalue weighted by Crippen LogP contribution is 2.30. The van der Waals surface area contributed by atoms with Crippen LogP contribution >= 0.6 is 0 Å². The standard InChI is InChI=1S/C15H8F4N2O/c16-12-3-1-2-10(8-12)14-20-13(21-22-14)9-4-6-11(7-5-9)15(17,18)19/h1-8H. The molecule has 7 heteroatoms. The molecule has 3 nitrogen and oxygen atoms in total. The molecular weight excluding hydrogens is 300 g/mol. The van der Waals surface area contributed by atoms with Gasteiger partial charge in [-0.05, 0) is 30.3 Å². The SMILES string of the molecule is Fc1cccc(-c2nc(-c3ccc(C(F)(F)F)cc3)no2)c1. The third-order valence-corrected chi connectivity index (χ3v) is 2.97. The molecule has 0 atom stereocenters. The zero-order chi connectivity index (χ0) is 15.7. The van der Waals surface area contributed by atoms with Gasteiger partial charge >= 0.3 is 6.18 Å². The van der Waals surface area contributed by atoms with E-state index in [2.05, 4.69) is 10.1 Å². The molecule has 0 unspecified atom stereocenters. The number of nitrogens with zero attached hydrogens (tertiary/aromatic N) is 2. The average molecular weight is 308 g/mol. The van der Waals surface area contributed by atoms with Crippen LogP contribution in [-0.2, 0) is 6.18 Å². The summed E-state index contributed by atoms with van der Waals surface area (Å²) in [5.41, 5.74) is 0.00941. The van der Waals surface area contributed by atoms with Crippen molar-refractivity contribution in [2.45, 2.75) is 6.18 Å². The monoisotopic (exact) mass is 308 g/mol. The van der Waals surface area contributed by atoms with Gasteiger partial charge in [-0.15, -0.1) is 0 Å². The first-order valence-electron chi connectivity index (χ1n) is 6.21. The van der Waals surface area contributed by atoms with E-state index in [1.807, 2.05) is 0 Å². The van der Waals surface area contributed by atoms with Crippen molar-refractivity contribution in [1.82, 2.24) is 10.1 Å². The van der Waals surface area contributed by atoms with E-state index in [0.717, 1.165) is 12.1 Å². The fraction of sp³-hybridized carbons (Fsp3) is 0.0667. The van der Waals surface area contributed by atoms with Crippen molar-refractivity contribution >= 4 is 0 Å². The van der Waals surface area contributed by atoms with Crippen LogP contribution in [0.1, 0.15) is 5.56 Å². The first-order valence-corrected chi connectivity index (χ1v) is 6.21. The van der Waals surface area contributed by atoms with Gasteiger partial charge in [0.25, 0.3) is 5.89 Å². The minimum absolute atomic E-state index is 0.0920. The van der Waals surface area contributed by atoms with Crippen LogP contribution < -0.4 is 0 Å². The number of alkyl halides is 3. The van der Waals surface area contributed by atoms with Crippen LogP contribution in [0.4, 0.5) is 17.6 Å². The molecule has 0 saturated carbocycles. The number of hydrogen-bond acceptors (Lipinski definition) is 3. The maximum atomic E-state index is 13.1. The molecule has 112 valence electrons. The molecule has 0 radical (unpaired) electrons. The lowest BCUT2D eigenvalue weighted by Crippen LogP contribution is -2.04. The molecule has 3 aromatic rings. The van der Waals surface area contributed by atoms with Crippen molar-refractivity contribution in [1.29, 1.82) is 0 Å². The van der Waals surface area contributed by atoms with Gasteiger partial charge in [0.2, 0.25) is 5.82 Å². The summed E-state index contributed by atoms with van der Waals surface area (Å²) in [7, 11) is 0. The van der Waals surface area contributed by atoms with Gasteiger partial charge in [-0.1, -0.05) is 23.4 Å². The molecule has 3 rings (SSSR count). The Kier molecular flexibility index (Phi) is 3.40. The first kappa shape index (κ1) is 14.2. The highest BCUT2D eigenvalue weighted by atomic mass is 19.4. The predicted molar refractivity (Wildman–Crippen MR) is 70.1 cm³/mol. The quantitative estimate of drug-likeness (QED) is 0.651. The van der Waals surface area contributed by atoms with E-state index in [-0.39, 0.29) is 11.7 Å². The Labute approximate surface area is 122 Å². The fourth-order valence-corrected chi connectivity index (χ4v) is 1.89. The smallest absolute Gasteiger partial charge is 0.334 e. The Morgan fingerprint density at radius 2 is 1.64 bits per heavy atom. The summed E-state index contributed by atoms with van der Waals surface area (Å²) in [6, 6.07) is 9.97. The van der Waals surface area contributed by atoms with E-state index >= 15 is 0 Å². The van der Waals surface area contributed by atoms with Gasteiger partial charge in [0.15, 0.2) is 0 Å². The van der Waals surface area contributed by atoms with Crippen LogP contribution in [0.5, 0.6) is 0 Å². The minimum Gasteiger partial charge on any atom is -0.334 e. The maximum absolute atomic E-state index is 13.1. The summed E-state index contributed by atoms with van der Waals surface area (Å²) in [6.07, 6.45) is -4.40. The Balaban J connectivity index is 1.91. The van der Waals surface area contributed by atoms with Crippen molar-refractivity contribution in [3.05, 3.63) is 59.9 Å². The molecule has 0 saturated heterocycles. The van der Waals surface area contributed by atoms with Gasteiger partial charge in [-0.25, -0.2) is 4.39 Å². The topological polar surface area (TPSA) is 38.9 Å². The molecule has 1 heterocycles.